The predicted octanol–water partition coefficient (Wildman–Crippen LogP) is 1.32. The second kappa shape index (κ2) is 6.33. The number of epoxide rings is 1. The largest absolute Gasteiger partial charge is 0.379 e. The maximum absolute atomic E-state index is 5.55. The van der Waals surface area contributed by atoms with Crippen LogP contribution in [0.25, 0.3) is 0 Å². The summed E-state index contributed by atoms with van der Waals surface area (Å²) < 4.78 is 10.6. The molecule has 1 saturated heterocycles. The number of ether oxygens (including phenoxy) is 2. The fourth-order valence-corrected chi connectivity index (χ4v) is 3.77. The summed E-state index contributed by atoms with van der Waals surface area (Å²) in [6, 6.07) is 8.03. The molecule has 17 heavy (non-hydrogen) atoms. The molecule has 0 N–H and O–H groups in total. The Balaban J connectivity index is 1.61. The Morgan fingerprint density at radius 3 is 3.00 bits per heavy atom. The summed E-state index contributed by atoms with van der Waals surface area (Å²) in [5.74, 6) is 0. The van der Waals surface area contributed by atoms with E-state index >= 15 is 0 Å². The summed E-state index contributed by atoms with van der Waals surface area (Å²) in [6.45, 7) is 7.05. The van der Waals surface area contributed by atoms with Gasteiger partial charge < -0.3 is 9.47 Å². The van der Waals surface area contributed by atoms with Crippen molar-refractivity contribution in [2.75, 3.05) is 19.8 Å². The Kier molecular flexibility index (Phi) is 4.77. The fourth-order valence-electron chi connectivity index (χ4n) is 1.98. The van der Waals surface area contributed by atoms with Gasteiger partial charge in [0.2, 0.25) is 0 Å². The Labute approximate surface area is 106 Å². The van der Waals surface area contributed by atoms with Crippen molar-refractivity contribution in [1.82, 2.24) is 0 Å². The quantitative estimate of drug-likeness (QED) is 0.414. The molecule has 0 spiro atoms. The minimum atomic E-state index is -0.105. The summed E-state index contributed by atoms with van der Waals surface area (Å²) in [6.07, 6.45) is 1.61. The van der Waals surface area contributed by atoms with Crippen molar-refractivity contribution in [2.24, 2.45) is 0 Å². The molecule has 1 atom stereocenters. The average Bonchev–Trinajstić information content (AvgIpc) is 3.12. The molecule has 1 fully saturated rings. The first kappa shape index (κ1) is 12.8. The molecule has 0 bridgehead atoms. The molecule has 3 heteroatoms. The van der Waals surface area contributed by atoms with E-state index in [0.717, 1.165) is 19.8 Å². The maximum atomic E-state index is 5.55. The highest BCUT2D eigenvalue weighted by atomic mass is 28.2. The van der Waals surface area contributed by atoms with Crippen molar-refractivity contribution < 1.29 is 9.47 Å². The van der Waals surface area contributed by atoms with Gasteiger partial charge in [0.1, 0.15) is 6.10 Å². The molecule has 0 saturated carbocycles. The van der Waals surface area contributed by atoms with Crippen LogP contribution in [0, 0.1) is 13.8 Å². The standard InChI is InChI=1S/C14H22O2Si/c1-11-5-3-6-14(12(11)2)17-8-4-7-15-9-13-10-16-13/h3,5-6,13H,4,7-10,17H2,1-2H3. The van der Waals surface area contributed by atoms with E-state index in [9.17, 15) is 0 Å². The topological polar surface area (TPSA) is 21.8 Å². The SMILES string of the molecule is Cc1cccc([SiH2]CCCOCC2CO2)c1C. The lowest BCUT2D eigenvalue weighted by atomic mass is 10.1. The highest BCUT2D eigenvalue weighted by Crippen LogP contribution is 2.08. The van der Waals surface area contributed by atoms with E-state index in [0.29, 0.717) is 6.10 Å². The fraction of sp³-hybridized carbons (Fsp3) is 0.571. The third-order valence-corrected chi connectivity index (χ3v) is 5.57. The minimum absolute atomic E-state index is 0.105. The van der Waals surface area contributed by atoms with Gasteiger partial charge in [0.25, 0.3) is 0 Å². The number of aryl methyl sites for hydroxylation is 1. The molecule has 2 nitrogen and oxygen atoms in total. The lowest BCUT2D eigenvalue weighted by Crippen LogP contribution is -2.18. The van der Waals surface area contributed by atoms with E-state index in [1.54, 1.807) is 5.19 Å². The van der Waals surface area contributed by atoms with Crippen LogP contribution in [0.3, 0.4) is 0 Å². The third kappa shape index (κ3) is 4.26. The van der Waals surface area contributed by atoms with Crippen LogP contribution in [0.4, 0.5) is 0 Å². The van der Waals surface area contributed by atoms with Crippen molar-refractivity contribution in [1.29, 1.82) is 0 Å². The van der Waals surface area contributed by atoms with Gasteiger partial charge in [-0.1, -0.05) is 29.4 Å². The van der Waals surface area contributed by atoms with E-state index < -0.39 is 0 Å². The van der Waals surface area contributed by atoms with Crippen LogP contribution in [-0.4, -0.2) is 35.4 Å². The molecule has 0 aliphatic carbocycles. The molecule has 1 aliphatic heterocycles. The van der Waals surface area contributed by atoms with E-state index in [1.165, 1.54) is 23.6 Å². The molecule has 94 valence electrons. The molecule has 2 rings (SSSR count). The van der Waals surface area contributed by atoms with E-state index in [-0.39, 0.29) is 9.52 Å². The second-order valence-corrected chi connectivity index (χ2v) is 6.82. The number of benzene rings is 1. The monoisotopic (exact) mass is 250 g/mol. The van der Waals surface area contributed by atoms with Crippen LogP contribution in [0.15, 0.2) is 18.2 Å². The van der Waals surface area contributed by atoms with Gasteiger partial charge in [0, 0.05) is 6.61 Å². The van der Waals surface area contributed by atoms with Crippen LogP contribution in [0.2, 0.25) is 6.04 Å². The molecule has 1 unspecified atom stereocenters. The normalized spacial score (nSPS) is 19.1. The predicted molar refractivity (Wildman–Crippen MR) is 74.1 cm³/mol. The lowest BCUT2D eigenvalue weighted by molar-refractivity contribution is 0.117. The molecule has 0 radical (unpaired) electrons. The van der Waals surface area contributed by atoms with Crippen molar-refractivity contribution >= 4 is 14.7 Å². The van der Waals surface area contributed by atoms with Gasteiger partial charge in [-0.3, -0.25) is 0 Å². The van der Waals surface area contributed by atoms with E-state index in [1.807, 2.05) is 0 Å². The molecule has 1 aliphatic rings. The first-order valence-corrected chi connectivity index (χ1v) is 8.22. The number of hydrogen-bond acceptors (Lipinski definition) is 2. The molecule has 0 aromatic heterocycles. The first-order valence-electron chi connectivity index (χ1n) is 6.52. The van der Waals surface area contributed by atoms with Gasteiger partial charge in [0.05, 0.1) is 22.7 Å². The summed E-state index contributed by atoms with van der Waals surface area (Å²) >= 11 is 0. The Hall–Kier alpha value is -0.643. The van der Waals surface area contributed by atoms with Crippen LogP contribution in [-0.2, 0) is 9.47 Å². The third-order valence-electron chi connectivity index (χ3n) is 3.41. The molecule has 1 heterocycles. The highest BCUT2D eigenvalue weighted by molar-refractivity contribution is 6.54. The van der Waals surface area contributed by atoms with E-state index in [4.69, 9.17) is 9.47 Å². The first-order chi connectivity index (χ1) is 8.27. The average molecular weight is 250 g/mol. The van der Waals surface area contributed by atoms with Crippen LogP contribution >= 0.6 is 0 Å². The van der Waals surface area contributed by atoms with Crippen LogP contribution < -0.4 is 5.19 Å². The summed E-state index contributed by atoms with van der Waals surface area (Å²) in [7, 11) is -0.105. The molecule has 0 amide bonds. The Morgan fingerprint density at radius 2 is 2.24 bits per heavy atom. The molecule has 1 aromatic carbocycles. The number of hydrogen-bond donors (Lipinski definition) is 0. The maximum Gasteiger partial charge on any atom is 0.104 e. The van der Waals surface area contributed by atoms with Gasteiger partial charge in [0.15, 0.2) is 0 Å². The summed E-state index contributed by atoms with van der Waals surface area (Å²) in [5.41, 5.74) is 2.93. The summed E-state index contributed by atoms with van der Waals surface area (Å²) in [4.78, 5) is 0. The van der Waals surface area contributed by atoms with Crippen molar-refractivity contribution in [3.8, 4) is 0 Å². The zero-order chi connectivity index (χ0) is 12.1. The van der Waals surface area contributed by atoms with Crippen molar-refractivity contribution in [3.05, 3.63) is 29.3 Å². The highest BCUT2D eigenvalue weighted by Gasteiger charge is 2.21. The minimum Gasteiger partial charge on any atom is -0.379 e. The van der Waals surface area contributed by atoms with Crippen molar-refractivity contribution in [3.63, 3.8) is 0 Å². The van der Waals surface area contributed by atoms with Gasteiger partial charge >= 0.3 is 0 Å². The smallest absolute Gasteiger partial charge is 0.104 e. The van der Waals surface area contributed by atoms with Gasteiger partial charge in [-0.25, -0.2) is 0 Å². The number of rotatable bonds is 7. The molecular weight excluding hydrogens is 228 g/mol. The van der Waals surface area contributed by atoms with E-state index in [2.05, 4.69) is 32.0 Å². The van der Waals surface area contributed by atoms with Gasteiger partial charge in [-0.2, -0.15) is 0 Å². The van der Waals surface area contributed by atoms with Crippen LogP contribution in [0.1, 0.15) is 17.5 Å². The Morgan fingerprint density at radius 1 is 1.41 bits per heavy atom. The second-order valence-electron chi connectivity index (χ2n) is 4.85. The zero-order valence-electron chi connectivity index (χ0n) is 10.9. The van der Waals surface area contributed by atoms with Gasteiger partial charge in [-0.15, -0.1) is 0 Å². The lowest BCUT2D eigenvalue weighted by Gasteiger charge is -2.08. The molecular formula is C14H22O2Si. The van der Waals surface area contributed by atoms with Crippen LogP contribution in [0.5, 0.6) is 0 Å². The van der Waals surface area contributed by atoms with Gasteiger partial charge in [-0.05, 0) is 31.4 Å². The zero-order valence-corrected chi connectivity index (χ0v) is 12.3. The van der Waals surface area contributed by atoms with Crippen molar-refractivity contribution in [2.45, 2.75) is 32.4 Å². The summed E-state index contributed by atoms with van der Waals surface area (Å²) in [5, 5.41) is 1.62. The Bertz CT molecular complexity index is 361. The molecule has 1 aromatic rings.